The highest BCUT2D eigenvalue weighted by molar-refractivity contribution is 5.95. The Morgan fingerprint density at radius 2 is 2.11 bits per heavy atom. The van der Waals surface area contributed by atoms with Gasteiger partial charge in [-0.3, -0.25) is 9.59 Å². The van der Waals surface area contributed by atoms with Crippen molar-refractivity contribution >= 4 is 11.8 Å². The summed E-state index contributed by atoms with van der Waals surface area (Å²) in [5, 5.41) is 12.0. The molecule has 0 radical (unpaired) electrons. The molecule has 1 N–H and O–H groups in total. The first-order valence-electron chi connectivity index (χ1n) is 9.80. The molecule has 2 aliphatic heterocycles. The van der Waals surface area contributed by atoms with Gasteiger partial charge in [0.05, 0.1) is 24.7 Å². The van der Waals surface area contributed by atoms with E-state index in [4.69, 9.17) is 10.00 Å². The summed E-state index contributed by atoms with van der Waals surface area (Å²) in [5.41, 5.74) is 0.780. The zero-order chi connectivity index (χ0) is 18.9. The maximum atomic E-state index is 12.7. The number of hydrogen-bond donors (Lipinski definition) is 1. The topological polar surface area (TPSA) is 82.4 Å². The number of carbonyl (C=O) groups is 2. The van der Waals surface area contributed by atoms with E-state index in [1.807, 2.05) is 0 Å². The van der Waals surface area contributed by atoms with Gasteiger partial charge in [0, 0.05) is 25.1 Å². The van der Waals surface area contributed by atoms with Crippen LogP contribution in [0.5, 0.6) is 0 Å². The van der Waals surface area contributed by atoms with Crippen LogP contribution in [0.1, 0.15) is 48.0 Å². The van der Waals surface area contributed by atoms with Gasteiger partial charge in [0.2, 0.25) is 5.91 Å². The smallest absolute Gasteiger partial charge is 0.254 e. The van der Waals surface area contributed by atoms with Crippen LogP contribution in [-0.2, 0) is 9.53 Å². The van der Waals surface area contributed by atoms with Crippen LogP contribution < -0.4 is 5.32 Å². The lowest BCUT2D eigenvalue weighted by molar-refractivity contribution is -0.123. The Kier molecular flexibility index (Phi) is 4.88. The molecule has 1 aromatic carbocycles. The van der Waals surface area contributed by atoms with Gasteiger partial charge in [-0.25, -0.2) is 0 Å². The van der Waals surface area contributed by atoms with Crippen LogP contribution in [0.15, 0.2) is 24.3 Å². The number of rotatable bonds is 6. The van der Waals surface area contributed by atoms with Gasteiger partial charge in [-0.1, -0.05) is 6.07 Å². The minimum Gasteiger partial charge on any atom is -0.371 e. The number of likely N-dealkylation sites (tertiary alicyclic amines) is 1. The molecular weight excluding hydrogens is 342 g/mol. The third-order valence-corrected chi connectivity index (χ3v) is 6.03. The molecule has 142 valence electrons. The SMILES string of the molecule is N#Cc1cccc(C(=O)N2CC3(C2)OCC[C@@H]3CCNC(=O)CC2CC2)c1. The van der Waals surface area contributed by atoms with Gasteiger partial charge in [0.25, 0.3) is 5.91 Å². The van der Waals surface area contributed by atoms with Crippen LogP contribution in [0.25, 0.3) is 0 Å². The highest BCUT2D eigenvalue weighted by atomic mass is 16.5. The molecule has 0 aromatic heterocycles. The number of ether oxygens (including phenoxy) is 1. The van der Waals surface area contributed by atoms with Gasteiger partial charge in [-0.15, -0.1) is 0 Å². The lowest BCUT2D eigenvalue weighted by Crippen LogP contribution is -2.66. The quantitative estimate of drug-likeness (QED) is 0.835. The Labute approximate surface area is 159 Å². The molecule has 6 nitrogen and oxygen atoms in total. The minimum atomic E-state index is -0.260. The molecule has 1 atom stereocenters. The Hall–Kier alpha value is -2.39. The largest absolute Gasteiger partial charge is 0.371 e. The van der Waals surface area contributed by atoms with Crippen molar-refractivity contribution in [3.05, 3.63) is 35.4 Å². The Morgan fingerprint density at radius 1 is 1.30 bits per heavy atom. The van der Waals surface area contributed by atoms with E-state index in [2.05, 4.69) is 11.4 Å². The highest BCUT2D eigenvalue weighted by Crippen LogP contribution is 2.42. The van der Waals surface area contributed by atoms with Crippen LogP contribution in [0.4, 0.5) is 0 Å². The second-order valence-electron chi connectivity index (χ2n) is 8.04. The molecule has 3 fully saturated rings. The normalized spacial score (nSPS) is 22.9. The van der Waals surface area contributed by atoms with Crippen molar-refractivity contribution in [1.82, 2.24) is 10.2 Å². The fourth-order valence-corrected chi connectivity index (χ4v) is 4.23. The van der Waals surface area contributed by atoms with Crippen molar-refractivity contribution < 1.29 is 14.3 Å². The van der Waals surface area contributed by atoms with E-state index >= 15 is 0 Å². The van der Waals surface area contributed by atoms with Gasteiger partial charge >= 0.3 is 0 Å². The van der Waals surface area contributed by atoms with Gasteiger partial charge in [0.15, 0.2) is 0 Å². The third-order valence-electron chi connectivity index (χ3n) is 6.03. The van der Waals surface area contributed by atoms with E-state index in [-0.39, 0.29) is 17.4 Å². The number of hydrogen-bond acceptors (Lipinski definition) is 4. The second kappa shape index (κ2) is 7.32. The van der Waals surface area contributed by atoms with E-state index in [1.165, 1.54) is 12.8 Å². The average molecular weight is 367 g/mol. The van der Waals surface area contributed by atoms with Crippen molar-refractivity contribution in [1.29, 1.82) is 5.26 Å². The van der Waals surface area contributed by atoms with E-state index in [0.717, 1.165) is 12.8 Å². The van der Waals surface area contributed by atoms with E-state index in [0.29, 0.717) is 55.6 Å². The van der Waals surface area contributed by atoms with E-state index < -0.39 is 0 Å². The van der Waals surface area contributed by atoms with Crippen LogP contribution >= 0.6 is 0 Å². The van der Waals surface area contributed by atoms with Crippen LogP contribution in [0.2, 0.25) is 0 Å². The van der Waals surface area contributed by atoms with Crippen molar-refractivity contribution in [2.45, 2.75) is 37.7 Å². The van der Waals surface area contributed by atoms with E-state index in [1.54, 1.807) is 29.2 Å². The van der Waals surface area contributed by atoms with Crippen LogP contribution in [0.3, 0.4) is 0 Å². The van der Waals surface area contributed by atoms with Crippen molar-refractivity contribution in [2.24, 2.45) is 11.8 Å². The maximum Gasteiger partial charge on any atom is 0.254 e. The number of benzene rings is 1. The summed E-state index contributed by atoms with van der Waals surface area (Å²) in [7, 11) is 0. The maximum absolute atomic E-state index is 12.7. The standard InChI is InChI=1S/C21H25N3O3/c22-12-16-2-1-3-17(10-16)20(26)24-13-21(14-24)18(7-9-27-21)6-8-23-19(25)11-15-4-5-15/h1-3,10,15,18H,4-9,11,13-14H2,(H,23,25)/t18-/m0/s1. The number of nitriles is 1. The monoisotopic (exact) mass is 367 g/mol. The van der Waals surface area contributed by atoms with Crippen LogP contribution in [-0.4, -0.2) is 48.6 Å². The lowest BCUT2D eigenvalue weighted by Gasteiger charge is -2.50. The Morgan fingerprint density at radius 3 is 2.85 bits per heavy atom. The van der Waals surface area contributed by atoms with Gasteiger partial charge < -0.3 is 15.0 Å². The zero-order valence-electron chi connectivity index (χ0n) is 15.4. The number of carbonyl (C=O) groups excluding carboxylic acids is 2. The Balaban J connectivity index is 1.28. The number of amides is 2. The minimum absolute atomic E-state index is 0.0512. The van der Waals surface area contributed by atoms with E-state index in [9.17, 15) is 9.59 Å². The summed E-state index contributed by atoms with van der Waals surface area (Å²) in [4.78, 5) is 26.3. The third kappa shape index (κ3) is 3.84. The summed E-state index contributed by atoms with van der Waals surface area (Å²) in [6.07, 6.45) is 4.91. The number of nitrogens with zero attached hydrogens (tertiary/aromatic N) is 2. The Bertz CT molecular complexity index is 775. The summed E-state index contributed by atoms with van der Waals surface area (Å²) < 4.78 is 6.02. The van der Waals surface area contributed by atoms with Gasteiger partial charge in [-0.05, 0) is 55.7 Å². The fourth-order valence-electron chi connectivity index (χ4n) is 4.23. The summed E-state index contributed by atoms with van der Waals surface area (Å²) in [5.74, 6) is 1.09. The van der Waals surface area contributed by atoms with Gasteiger partial charge in [0.1, 0.15) is 5.60 Å². The summed E-state index contributed by atoms with van der Waals surface area (Å²) in [6, 6.07) is 8.89. The fraction of sp³-hybridized carbons (Fsp3) is 0.571. The molecule has 1 saturated carbocycles. The predicted molar refractivity (Wildman–Crippen MR) is 98.8 cm³/mol. The highest BCUT2D eigenvalue weighted by Gasteiger charge is 2.54. The van der Waals surface area contributed by atoms with Crippen molar-refractivity contribution in [3.8, 4) is 6.07 Å². The molecule has 2 amide bonds. The molecular formula is C21H25N3O3. The number of nitrogens with one attached hydrogen (secondary N) is 1. The molecule has 4 rings (SSSR count). The lowest BCUT2D eigenvalue weighted by atomic mass is 9.78. The molecule has 2 saturated heterocycles. The average Bonchev–Trinajstić information content (AvgIpc) is 3.36. The summed E-state index contributed by atoms with van der Waals surface area (Å²) >= 11 is 0. The molecule has 1 spiro atoms. The molecule has 27 heavy (non-hydrogen) atoms. The first-order valence-corrected chi connectivity index (χ1v) is 9.80. The van der Waals surface area contributed by atoms with Crippen LogP contribution in [0, 0.1) is 23.2 Å². The molecule has 3 aliphatic rings. The predicted octanol–water partition coefficient (Wildman–Crippen LogP) is 2.10. The first-order chi connectivity index (χ1) is 13.1. The molecule has 6 heteroatoms. The van der Waals surface area contributed by atoms with Crippen molar-refractivity contribution in [3.63, 3.8) is 0 Å². The zero-order valence-corrected chi connectivity index (χ0v) is 15.4. The first kappa shape index (κ1) is 18.0. The molecule has 2 heterocycles. The molecule has 1 aliphatic carbocycles. The molecule has 0 bridgehead atoms. The van der Waals surface area contributed by atoms with Gasteiger partial charge in [-0.2, -0.15) is 5.26 Å². The molecule has 1 aromatic rings. The second-order valence-corrected chi connectivity index (χ2v) is 8.04. The van der Waals surface area contributed by atoms with Crippen molar-refractivity contribution in [2.75, 3.05) is 26.2 Å². The molecule has 0 unspecified atom stereocenters. The summed E-state index contributed by atoms with van der Waals surface area (Å²) in [6.45, 7) is 2.57.